The predicted molar refractivity (Wildman–Crippen MR) is 131 cm³/mol. The molecular weight excluding hydrogens is 463 g/mol. The molecule has 160 valence electrons. The van der Waals surface area contributed by atoms with Crippen LogP contribution >= 0.6 is 24.0 Å². The second kappa shape index (κ2) is 13.2. The zero-order valence-electron chi connectivity index (χ0n) is 18.2. The Kier molecular flexibility index (Phi) is 11.8. The van der Waals surface area contributed by atoms with E-state index in [1.54, 1.807) is 0 Å². The van der Waals surface area contributed by atoms with E-state index in [4.69, 9.17) is 0 Å². The second-order valence-electron chi connectivity index (χ2n) is 7.85. The molecule has 2 heterocycles. The highest BCUT2D eigenvalue weighted by Gasteiger charge is 2.13. The van der Waals surface area contributed by atoms with Crippen LogP contribution in [0.5, 0.6) is 0 Å². The molecule has 6 nitrogen and oxygen atoms in total. The SMILES string of the molecule is CN=C(NCCCN(C(C)C)C(C)C)NCc1ccc(N2CCCC2)nc1.I. The van der Waals surface area contributed by atoms with Crippen LogP contribution < -0.4 is 15.5 Å². The molecule has 2 N–H and O–H groups in total. The quantitative estimate of drug-likeness (QED) is 0.235. The summed E-state index contributed by atoms with van der Waals surface area (Å²) < 4.78 is 0. The van der Waals surface area contributed by atoms with Gasteiger partial charge < -0.3 is 15.5 Å². The molecule has 0 aromatic carbocycles. The maximum absolute atomic E-state index is 4.61. The van der Waals surface area contributed by atoms with Crippen molar-refractivity contribution in [1.29, 1.82) is 0 Å². The summed E-state index contributed by atoms with van der Waals surface area (Å²) in [7, 11) is 1.82. The Balaban J connectivity index is 0.00000392. The van der Waals surface area contributed by atoms with Crippen LogP contribution in [0.3, 0.4) is 0 Å². The van der Waals surface area contributed by atoms with Crippen LogP contribution in [0.4, 0.5) is 5.82 Å². The van der Waals surface area contributed by atoms with E-state index in [1.807, 2.05) is 13.2 Å². The molecule has 1 saturated heterocycles. The van der Waals surface area contributed by atoms with Crippen LogP contribution in [0.15, 0.2) is 23.3 Å². The number of aromatic nitrogens is 1. The van der Waals surface area contributed by atoms with Gasteiger partial charge in [0.05, 0.1) is 0 Å². The van der Waals surface area contributed by atoms with Gasteiger partial charge in [-0.3, -0.25) is 9.89 Å². The number of nitrogens with zero attached hydrogens (tertiary/aromatic N) is 4. The van der Waals surface area contributed by atoms with Crippen molar-refractivity contribution in [3.05, 3.63) is 23.9 Å². The third-order valence-corrected chi connectivity index (χ3v) is 5.13. The van der Waals surface area contributed by atoms with Gasteiger partial charge >= 0.3 is 0 Å². The molecule has 0 amide bonds. The number of rotatable bonds is 9. The first kappa shape index (κ1) is 24.9. The molecule has 0 saturated carbocycles. The van der Waals surface area contributed by atoms with Crippen molar-refractivity contribution in [2.75, 3.05) is 38.1 Å². The fourth-order valence-electron chi connectivity index (χ4n) is 3.64. The van der Waals surface area contributed by atoms with E-state index in [9.17, 15) is 0 Å². The molecule has 0 atom stereocenters. The molecule has 0 radical (unpaired) electrons. The van der Waals surface area contributed by atoms with Gasteiger partial charge in [-0.05, 0) is 58.6 Å². The highest BCUT2D eigenvalue weighted by atomic mass is 127. The molecule has 0 aliphatic carbocycles. The summed E-state index contributed by atoms with van der Waals surface area (Å²) in [6, 6.07) is 5.45. The van der Waals surface area contributed by atoms with Gasteiger partial charge in [-0.1, -0.05) is 6.07 Å². The van der Waals surface area contributed by atoms with Gasteiger partial charge in [0.25, 0.3) is 0 Å². The summed E-state index contributed by atoms with van der Waals surface area (Å²) in [5.74, 6) is 1.94. The third-order valence-electron chi connectivity index (χ3n) is 5.13. The average Bonchev–Trinajstić information content (AvgIpc) is 3.18. The Hall–Kier alpha value is -1.09. The van der Waals surface area contributed by atoms with Crippen LogP contribution in [0.25, 0.3) is 0 Å². The first-order valence-electron chi connectivity index (χ1n) is 10.4. The Bertz CT molecular complexity index is 559. The molecule has 1 fully saturated rings. The van der Waals surface area contributed by atoms with Crippen molar-refractivity contribution in [2.45, 2.75) is 65.6 Å². The fraction of sp³-hybridized carbons (Fsp3) is 0.714. The number of nitrogens with one attached hydrogen (secondary N) is 2. The monoisotopic (exact) mass is 502 g/mol. The lowest BCUT2D eigenvalue weighted by Gasteiger charge is -2.30. The molecule has 1 aliphatic rings. The minimum atomic E-state index is 0. The van der Waals surface area contributed by atoms with Gasteiger partial charge in [0.2, 0.25) is 0 Å². The predicted octanol–water partition coefficient (Wildman–Crippen LogP) is 3.47. The molecule has 1 aromatic rings. The van der Waals surface area contributed by atoms with Crippen molar-refractivity contribution >= 4 is 35.8 Å². The zero-order valence-corrected chi connectivity index (χ0v) is 20.6. The van der Waals surface area contributed by atoms with E-state index < -0.39 is 0 Å². The van der Waals surface area contributed by atoms with Crippen molar-refractivity contribution in [2.24, 2.45) is 4.99 Å². The molecule has 28 heavy (non-hydrogen) atoms. The van der Waals surface area contributed by atoms with Crippen LogP contribution in [0.2, 0.25) is 0 Å². The van der Waals surface area contributed by atoms with E-state index in [0.717, 1.165) is 50.9 Å². The topological polar surface area (TPSA) is 55.8 Å². The van der Waals surface area contributed by atoms with Crippen LogP contribution in [-0.2, 0) is 6.54 Å². The molecule has 7 heteroatoms. The van der Waals surface area contributed by atoms with Crippen LogP contribution in [-0.4, -0.2) is 61.2 Å². The number of aliphatic imine (C=N–C) groups is 1. The zero-order chi connectivity index (χ0) is 19.6. The molecule has 0 unspecified atom stereocenters. The average molecular weight is 502 g/mol. The standard InChI is InChI=1S/C21H38N6.HI/c1-17(2)27(18(3)4)14-8-11-23-21(22-5)25-16-19-9-10-20(24-15-19)26-12-6-7-13-26;/h9-10,15,17-18H,6-8,11-14,16H2,1-5H3,(H2,22,23,25);1H. The van der Waals surface area contributed by atoms with Gasteiger partial charge in [0.1, 0.15) is 5.82 Å². The summed E-state index contributed by atoms with van der Waals surface area (Å²) in [6.07, 6.45) is 5.62. The number of halogens is 1. The summed E-state index contributed by atoms with van der Waals surface area (Å²) >= 11 is 0. The fourth-order valence-corrected chi connectivity index (χ4v) is 3.64. The molecule has 1 aromatic heterocycles. The van der Waals surface area contributed by atoms with Crippen molar-refractivity contribution in [1.82, 2.24) is 20.5 Å². The van der Waals surface area contributed by atoms with Gasteiger partial charge in [-0.2, -0.15) is 0 Å². The van der Waals surface area contributed by atoms with Crippen LogP contribution in [0, 0.1) is 0 Å². The van der Waals surface area contributed by atoms with E-state index in [-0.39, 0.29) is 24.0 Å². The molecule has 1 aliphatic heterocycles. The Morgan fingerprint density at radius 3 is 2.36 bits per heavy atom. The van der Waals surface area contributed by atoms with E-state index >= 15 is 0 Å². The Labute approximate surface area is 188 Å². The molecular formula is C21H39IN6. The lowest BCUT2D eigenvalue weighted by molar-refractivity contribution is 0.173. The Morgan fingerprint density at radius 1 is 1.14 bits per heavy atom. The summed E-state index contributed by atoms with van der Waals surface area (Å²) in [6.45, 7) is 14.1. The smallest absolute Gasteiger partial charge is 0.191 e. The number of anilines is 1. The van der Waals surface area contributed by atoms with Crippen molar-refractivity contribution in [3.8, 4) is 0 Å². The largest absolute Gasteiger partial charge is 0.357 e. The van der Waals surface area contributed by atoms with E-state index in [1.165, 1.54) is 18.4 Å². The van der Waals surface area contributed by atoms with E-state index in [0.29, 0.717) is 12.1 Å². The lowest BCUT2D eigenvalue weighted by Crippen LogP contribution is -2.41. The van der Waals surface area contributed by atoms with E-state index in [2.05, 4.69) is 70.2 Å². The molecule has 2 rings (SSSR count). The summed E-state index contributed by atoms with van der Waals surface area (Å²) in [4.78, 5) is 13.8. The van der Waals surface area contributed by atoms with Crippen molar-refractivity contribution < 1.29 is 0 Å². The first-order chi connectivity index (χ1) is 13.0. The lowest BCUT2D eigenvalue weighted by atomic mass is 10.2. The second-order valence-corrected chi connectivity index (χ2v) is 7.85. The normalized spacial score (nSPS) is 14.7. The molecule has 0 bridgehead atoms. The van der Waals surface area contributed by atoms with Gasteiger partial charge in [0.15, 0.2) is 5.96 Å². The van der Waals surface area contributed by atoms with Gasteiger partial charge in [0, 0.05) is 58.1 Å². The number of hydrogen-bond donors (Lipinski definition) is 2. The summed E-state index contributed by atoms with van der Waals surface area (Å²) in [5, 5.41) is 6.79. The minimum absolute atomic E-state index is 0. The first-order valence-corrected chi connectivity index (χ1v) is 10.4. The maximum atomic E-state index is 4.61. The van der Waals surface area contributed by atoms with Gasteiger partial charge in [-0.15, -0.1) is 24.0 Å². The third kappa shape index (κ3) is 8.11. The van der Waals surface area contributed by atoms with Crippen LogP contribution in [0.1, 0.15) is 52.5 Å². The van der Waals surface area contributed by atoms with Crippen molar-refractivity contribution in [3.63, 3.8) is 0 Å². The summed E-state index contributed by atoms with van der Waals surface area (Å²) in [5.41, 5.74) is 1.17. The van der Waals surface area contributed by atoms with Gasteiger partial charge in [-0.25, -0.2) is 4.98 Å². The molecule has 0 spiro atoms. The maximum Gasteiger partial charge on any atom is 0.191 e. The number of pyridine rings is 1. The minimum Gasteiger partial charge on any atom is -0.357 e. The highest BCUT2D eigenvalue weighted by molar-refractivity contribution is 14.0. The number of guanidine groups is 1. The Morgan fingerprint density at radius 2 is 1.82 bits per heavy atom. The number of hydrogen-bond acceptors (Lipinski definition) is 4. The highest BCUT2D eigenvalue weighted by Crippen LogP contribution is 2.17.